The number of benzene rings is 1. The van der Waals surface area contributed by atoms with Gasteiger partial charge in [-0.15, -0.1) is 16.4 Å². The number of hydrogen-bond donors (Lipinski definition) is 2. The third kappa shape index (κ3) is 3.35. The number of fused-ring (bicyclic) bond motifs is 1. The van der Waals surface area contributed by atoms with Gasteiger partial charge in [0.05, 0.1) is 33.9 Å². The summed E-state index contributed by atoms with van der Waals surface area (Å²) in [6.45, 7) is 0.469. The van der Waals surface area contributed by atoms with Gasteiger partial charge in [0, 0.05) is 6.20 Å². The number of pyridine rings is 1. The van der Waals surface area contributed by atoms with Crippen LogP contribution in [0.3, 0.4) is 0 Å². The molecule has 3 N–H and O–H groups in total. The minimum atomic E-state index is -0.367. The van der Waals surface area contributed by atoms with Gasteiger partial charge in [-0.2, -0.15) is 4.98 Å². The normalized spacial score (nSPS) is 11.1. The van der Waals surface area contributed by atoms with E-state index in [1.165, 1.54) is 16.8 Å². The Kier molecular flexibility index (Phi) is 4.56. The fraction of sp³-hybridized carbons (Fsp3) is 0.0476. The van der Waals surface area contributed by atoms with Gasteiger partial charge < -0.3 is 11.1 Å². The fourth-order valence-corrected chi connectivity index (χ4v) is 3.88. The van der Waals surface area contributed by atoms with Gasteiger partial charge in [-0.05, 0) is 41.8 Å². The number of aromatic nitrogens is 5. The third-order valence-electron chi connectivity index (χ3n) is 4.53. The van der Waals surface area contributed by atoms with E-state index in [-0.39, 0.29) is 5.82 Å². The van der Waals surface area contributed by atoms with Crippen LogP contribution < -0.4 is 11.1 Å². The summed E-state index contributed by atoms with van der Waals surface area (Å²) in [6, 6.07) is 15.7. The maximum absolute atomic E-state index is 13.7. The van der Waals surface area contributed by atoms with E-state index >= 15 is 0 Å². The molecule has 0 aliphatic carbocycles. The van der Waals surface area contributed by atoms with E-state index < -0.39 is 0 Å². The van der Waals surface area contributed by atoms with Crippen molar-refractivity contribution in [1.82, 2.24) is 24.7 Å². The van der Waals surface area contributed by atoms with E-state index in [1.807, 2.05) is 35.7 Å². The lowest BCUT2D eigenvalue weighted by Gasteiger charge is -2.07. The average Bonchev–Trinajstić information content (AvgIpc) is 3.41. The van der Waals surface area contributed by atoms with Crippen LogP contribution in [-0.2, 0) is 6.54 Å². The van der Waals surface area contributed by atoms with Crippen LogP contribution in [0.25, 0.3) is 27.3 Å². The van der Waals surface area contributed by atoms with E-state index in [1.54, 1.807) is 29.7 Å². The molecular formula is C21H16FN7S. The molecule has 0 bridgehead atoms. The van der Waals surface area contributed by atoms with Crippen LogP contribution in [0.1, 0.15) is 5.69 Å². The third-order valence-corrected chi connectivity index (χ3v) is 5.41. The molecule has 0 aliphatic heterocycles. The number of halogens is 1. The summed E-state index contributed by atoms with van der Waals surface area (Å²) in [5.74, 6) is 0.407. The summed E-state index contributed by atoms with van der Waals surface area (Å²) in [7, 11) is 0. The lowest BCUT2D eigenvalue weighted by Crippen LogP contribution is -2.05. The number of nitrogen functional groups attached to an aromatic ring is 1. The summed E-state index contributed by atoms with van der Waals surface area (Å²) >= 11 is 1.55. The first-order valence-electron chi connectivity index (χ1n) is 9.19. The Morgan fingerprint density at radius 1 is 1.07 bits per heavy atom. The summed E-state index contributed by atoms with van der Waals surface area (Å²) in [5, 5.41) is 10.3. The van der Waals surface area contributed by atoms with E-state index in [4.69, 9.17) is 10.7 Å². The molecule has 0 spiro atoms. The summed E-state index contributed by atoms with van der Waals surface area (Å²) in [5.41, 5.74) is 8.91. The van der Waals surface area contributed by atoms with E-state index in [0.717, 1.165) is 10.6 Å². The molecule has 30 heavy (non-hydrogen) atoms. The van der Waals surface area contributed by atoms with Crippen molar-refractivity contribution < 1.29 is 4.39 Å². The molecule has 0 saturated carbocycles. The van der Waals surface area contributed by atoms with Crippen LogP contribution in [0.5, 0.6) is 0 Å². The molecule has 0 saturated heterocycles. The van der Waals surface area contributed by atoms with Gasteiger partial charge in [-0.25, -0.2) is 14.1 Å². The molecule has 5 rings (SSSR count). The molecule has 0 fully saturated rings. The van der Waals surface area contributed by atoms with Gasteiger partial charge in [0.25, 0.3) is 0 Å². The highest BCUT2D eigenvalue weighted by Crippen LogP contribution is 2.34. The Morgan fingerprint density at radius 2 is 2.00 bits per heavy atom. The van der Waals surface area contributed by atoms with Gasteiger partial charge in [-0.3, -0.25) is 4.98 Å². The zero-order valence-electron chi connectivity index (χ0n) is 15.7. The molecule has 9 heteroatoms. The highest BCUT2D eigenvalue weighted by Gasteiger charge is 2.20. The van der Waals surface area contributed by atoms with Crippen molar-refractivity contribution in [2.24, 2.45) is 0 Å². The minimum Gasteiger partial charge on any atom is -0.383 e. The number of nitrogens with one attached hydrogen (secondary N) is 1. The number of nitrogens with two attached hydrogens (primary N) is 1. The van der Waals surface area contributed by atoms with Crippen molar-refractivity contribution >= 4 is 34.1 Å². The van der Waals surface area contributed by atoms with Crippen LogP contribution >= 0.6 is 11.3 Å². The number of hydrogen-bond acceptors (Lipinski definition) is 7. The monoisotopic (exact) mass is 417 g/mol. The zero-order chi connectivity index (χ0) is 20.5. The first-order valence-corrected chi connectivity index (χ1v) is 10.1. The Morgan fingerprint density at radius 3 is 2.77 bits per heavy atom. The molecule has 0 atom stereocenters. The van der Waals surface area contributed by atoms with Crippen LogP contribution in [0, 0.1) is 5.82 Å². The molecule has 5 aromatic rings. The van der Waals surface area contributed by atoms with Crippen molar-refractivity contribution in [3.8, 4) is 16.3 Å². The molecule has 148 valence electrons. The SMILES string of the molecule is Nc1c2c(-c3cccs3)nc(NCc3ccccn3)nc2nn1-c1cccc(F)c1. The highest BCUT2D eigenvalue weighted by atomic mass is 32.1. The second kappa shape index (κ2) is 7.53. The van der Waals surface area contributed by atoms with Crippen molar-refractivity contribution in [3.63, 3.8) is 0 Å². The number of anilines is 2. The van der Waals surface area contributed by atoms with Crippen LogP contribution in [0.15, 0.2) is 66.2 Å². The van der Waals surface area contributed by atoms with Crippen molar-refractivity contribution in [3.05, 3.63) is 77.7 Å². The molecule has 4 heterocycles. The molecule has 0 amide bonds. The van der Waals surface area contributed by atoms with Gasteiger partial charge in [0.2, 0.25) is 5.95 Å². The fourth-order valence-electron chi connectivity index (χ4n) is 3.16. The van der Waals surface area contributed by atoms with Gasteiger partial charge in [-0.1, -0.05) is 18.2 Å². The van der Waals surface area contributed by atoms with E-state index in [0.29, 0.717) is 40.7 Å². The number of rotatable bonds is 5. The molecule has 0 radical (unpaired) electrons. The minimum absolute atomic E-state index is 0.357. The predicted molar refractivity (Wildman–Crippen MR) is 116 cm³/mol. The van der Waals surface area contributed by atoms with Crippen LogP contribution in [0.4, 0.5) is 16.2 Å². The Balaban J connectivity index is 1.63. The standard InChI is InChI=1S/C21H16FN7S/c22-13-5-3-7-15(11-13)29-19(23)17-18(16-8-4-10-30-16)26-21(27-20(17)28-29)25-12-14-6-1-2-9-24-14/h1-11H,12,23H2,(H,25,27,28). The van der Waals surface area contributed by atoms with Gasteiger partial charge >= 0.3 is 0 Å². The Bertz CT molecular complexity index is 1320. The summed E-state index contributed by atoms with van der Waals surface area (Å²) < 4.78 is 15.2. The summed E-state index contributed by atoms with van der Waals surface area (Å²) in [6.07, 6.45) is 1.74. The first kappa shape index (κ1) is 18.2. The smallest absolute Gasteiger partial charge is 0.225 e. The highest BCUT2D eigenvalue weighted by molar-refractivity contribution is 7.13. The maximum Gasteiger partial charge on any atom is 0.225 e. The molecule has 0 aliphatic rings. The zero-order valence-corrected chi connectivity index (χ0v) is 16.5. The van der Waals surface area contributed by atoms with E-state index in [9.17, 15) is 4.39 Å². The quantitative estimate of drug-likeness (QED) is 0.443. The number of thiophene rings is 1. The topological polar surface area (TPSA) is 94.5 Å². The van der Waals surface area contributed by atoms with Gasteiger partial charge in [0.15, 0.2) is 5.65 Å². The Hall–Kier alpha value is -3.85. The predicted octanol–water partition coefficient (Wildman–Crippen LogP) is 4.27. The molecule has 4 aromatic heterocycles. The second-order valence-corrected chi connectivity index (χ2v) is 7.47. The second-order valence-electron chi connectivity index (χ2n) is 6.52. The summed E-state index contributed by atoms with van der Waals surface area (Å²) in [4.78, 5) is 14.5. The van der Waals surface area contributed by atoms with Crippen LogP contribution in [0.2, 0.25) is 0 Å². The first-order chi connectivity index (χ1) is 14.7. The Labute approximate surface area is 175 Å². The molecule has 1 aromatic carbocycles. The van der Waals surface area contributed by atoms with Gasteiger partial charge in [0.1, 0.15) is 11.6 Å². The molecular weight excluding hydrogens is 401 g/mol. The largest absolute Gasteiger partial charge is 0.383 e. The van der Waals surface area contributed by atoms with Crippen molar-refractivity contribution in [2.45, 2.75) is 6.54 Å². The maximum atomic E-state index is 13.7. The molecule has 7 nitrogen and oxygen atoms in total. The lowest BCUT2D eigenvalue weighted by molar-refractivity contribution is 0.625. The van der Waals surface area contributed by atoms with E-state index in [2.05, 4.69) is 20.4 Å². The van der Waals surface area contributed by atoms with Crippen LogP contribution in [-0.4, -0.2) is 24.7 Å². The molecule has 0 unspecified atom stereocenters. The van der Waals surface area contributed by atoms with Crippen molar-refractivity contribution in [1.29, 1.82) is 0 Å². The average molecular weight is 417 g/mol. The lowest BCUT2D eigenvalue weighted by atomic mass is 10.2. The van der Waals surface area contributed by atoms with Crippen molar-refractivity contribution in [2.75, 3.05) is 11.1 Å². The number of nitrogens with zero attached hydrogens (tertiary/aromatic N) is 5.